The smallest absolute Gasteiger partial charge is 0.243 e. The Hall–Kier alpha value is -1.29. The van der Waals surface area contributed by atoms with Crippen molar-refractivity contribution in [2.75, 3.05) is 46.9 Å². The van der Waals surface area contributed by atoms with E-state index in [1.54, 1.807) is 25.3 Å². The van der Waals surface area contributed by atoms with E-state index in [9.17, 15) is 4.79 Å². The van der Waals surface area contributed by atoms with Crippen molar-refractivity contribution in [3.63, 3.8) is 0 Å². The number of guanidine groups is 1. The second-order valence-corrected chi connectivity index (χ2v) is 7.23. The van der Waals surface area contributed by atoms with E-state index in [-0.39, 0.29) is 36.4 Å². The molecule has 2 unspecified atom stereocenters. The fraction of sp³-hybridized carbons (Fsp3) is 0.684. The van der Waals surface area contributed by atoms with Crippen molar-refractivity contribution < 1.29 is 13.9 Å². The molecular weight excluding hydrogens is 459 g/mol. The number of piperidine rings is 1. The number of likely N-dealkylation sites (N-methyl/N-ethyl adjacent to an activating group) is 1. The predicted molar refractivity (Wildman–Crippen MR) is 115 cm³/mol. The molecular formula is C19H31IN4O3. The maximum atomic E-state index is 12.0. The van der Waals surface area contributed by atoms with Crippen molar-refractivity contribution >= 4 is 35.8 Å². The van der Waals surface area contributed by atoms with E-state index in [0.29, 0.717) is 12.0 Å². The van der Waals surface area contributed by atoms with Gasteiger partial charge in [0.25, 0.3) is 0 Å². The molecule has 3 heterocycles. The average molecular weight is 490 g/mol. The highest BCUT2D eigenvalue weighted by atomic mass is 127. The van der Waals surface area contributed by atoms with Gasteiger partial charge in [0.1, 0.15) is 12.3 Å². The van der Waals surface area contributed by atoms with E-state index in [2.05, 4.69) is 15.2 Å². The van der Waals surface area contributed by atoms with E-state index >= 15 is 0 Å². The van der Waals surface area contributed by atoms with Crippen molar-refractivity contribution in [2.45, 2.75) is 31.8 Å². The molecule has 2 atom stereocenters. The Bertz CT molecular complexity index is 606. The lowest BCUT2D eigenvalue weighted by Gasteiger charge is -2.42. The van der Waals surface area contributed by atoms with Crippen molar-refractivity contribution in [3.8, 4) is 0 Å². The Kier molecular flexibility index (Phi) is 8.88. The summed E-state index contributed by atoms with van der Waals surface area (Å²) >= 11 is 0. The quantitative estimate of drug-likeness (QED) is 0.389. The number of nitrogens with zero attached hydrogens (tertiary/aromatic N) is 3. The number of amides is 1. The van der Waals surface area contributed by atoms with Crippen LogP contribution in [0, 0.1) is 5.92 Å². The molecule has 27 heavy (non-hydrogen) atoms. The summed E-state index contributed by atoms with van der Waals surface area (Å²) in [5.41, 5.74) is 0. The van der Waals surface area contributed by atoms with E-state index < -0.39 is 0 Å². The highest BCUT2D eigenvalue weighted by Crippen LogP contribution is 2.28. The first-order valence-electron chi connectivity index (χ1n) is 9.51. The Balaban J connectivity index is 0.00000261. The summed E-state index contributed by atoms with van der Waals surface area (Å²) in [6, 6.07) is 3.87. The SMILES string of the molecule is CN(C)C(=O)CN=C(NCCc1ccco1)N1CCC2OCCCC2C1.I. The molecule has 2 fully saturated rings. The summed E-state index contributed by atoms with van der Waals surface area (Å²) in [5, 5.41) is 3.42. The van der Waals surface area contributed by atoms with Crippen LogP contribution >= 0.6 is 24.0 Å². The van der Waals surface area contributed by atoms with Gasteiger partial charge in [0.2, 0.25) is 5.91 Å². The summed E-state index contributed by atoms with van der Waals surface area (Å²) in [6.07, 6.45) is 6.22. The average Bonchev–Trinajstić information content (AvgIpc) is 3.17. The number of carbonyl (C=O) groups is 1. The minimum absolute atomic E-state index is 0. The molecule has 152 valence electrons. The zero-order valence-electron chi connectivity index (χ0n) is 16.2. The summed E-state index contributed by atoms with van der Waals surface area (Å²) in [4.78, 5) is 20.4. The topological polar surface area (TPSA) is 70.3 Å². The van der Waals surface area contributed by atoms with Crippen LogP contribution in [0.4, 0.5) is 0 Å². The molecule has 0 bridgehead atoms. The van der Waals surface area contributed by atoms with Crippen LogP contribution < -0.4 is 5.32 Å². The fourth-order valence-corrected chi connectivity index (χ4v) is 3.58. The number of ether oxygens (including phenoxy) is 1. The van der Waals surface area contributed by atoms with Crippen LogP contribution in [0.5, 0.6) is 0 Å². The molecule has 2 aliphatic heterocycles. The standard InChI is InChI=1S/C19H30N4O3.HI/c1-22(2)18(24)13-21-19(20-9-7-16-6-4-11-25-16)23-10-8-17-15(14-23)5-3-12-26-17;/h4,6,11,15,17H,3,5,7-10,12-14H2,1-2H3,(H,20,21);1H. The number of rotatable bonds is 5. The number of carbonyl (C=O) groups excluding carboxylic acids is 1. The Morgan fingerprint density at radius 1 is 1.41 bits per heavy atom. The van der Waals surface area contributed by atoms with Gasteiger partial charge in [0, 0.05) is 52.7 Å². The summed E-state index contributed by atoms with van der Waals surface area (Å²) in [7, 11) is 3.51. The van der Waals surface area contributed by atoms with Crippen LogP contribution in [0.15, 0.2) is 27.8 Å². The lowest BCUT2D eigenvalue weighted by atomic mass is 9.88. The molecule has 2 aliphatic rings. The molecule has 1 N–H and O–H groups in total. The van der Waals surface area contributed by atoms with Gasteiger partial charge in [0.15, 0.2) is 5.96 Å². The first kappa shape index (κ1) is 22.0. The minimum Gasteiger partial charge on any atom is -0.469 e. The van der Waals surface area contributed by atoms with Crippen LogP contribution in [0.25, 0.3) is 0 Å². The van der Waals surface area contributed by atoms with Gasteiger partial charge in [0.05, 0.1) is 12.4 Å². The molecule has 2 saturated heterocycles. The third-order valence-corrected chi connectivity index (χ3v) is 5.11. The van der Waals surface area contributed by atoms with Gasteiger partial charge in [-0.3, -0.25) is 4.79 Å². The highest BCUT2D eigenvalue weighted by molar-refractivity contribution is 14.0. The molecule has 7 nitrogen and oxygen atoms in total. The maximum Gasteiger partial charge on any atom is 0.243 e. The molecule has 1 aromatic heterocycles. The van der Waals surface area contributed by atoms with Crippen molar-refractivity contribution in [2.24, 2.45) is 10.9 Å². The number of halogens is 1. The molecule has 8 heteroatoms. The summed E-state index contributed by atoms with van der Waals surface area (Å²) < 4.78 is 11.3. The number of nitrogens with one attached hydrogen (secondary N) is 1. The van der Waals surface area contributed by atoms with Gasteiger partial charge in [-0.1, -0.05) is 0 Å². The molecule has 0 saturated carbocycles. The van der Waals surface area contributed by atoms with E-state index in [1.165, 1.54) is 6.42 Å². The molecule has 1 amide bonds. The molecule has 0 spiro atoms. The third-order valence-electron chi connectivity index (χ3n) is 5.11. The first-order valence-corrected chi connectivity index (χ1v) is 9.51. The number of fused-ring (bicyclic) bond motifs is 1. The van der Waals surface area contributed by atoms with Crippen molar-refractivity contribution in [1.29, 1.82) is 0 Å². The lowest BCUT2D eigenvalue weighted by molar-refractivity contribution is -0.127. The van der Waals surface area contributed by atoms with Gasteiger partial charge >= 0.3 is 0 Å². The zero-order valence-corrected chi connectivity index (χ0v) is 18.6. The molecule has 0 aromatic carbocycles. The van der Waals surface area contributed by atoms with Crippen LogP contribution in [-0.2, 0) is 16.0 Å². The Morgan fingerprint density at radius 2 is 2.26 bits per heavy atom. The Morgan fingerprint density at radius 3 is 3.00 bits per heavy atom. The van der Waals surface area contributed by atoms with Gasteiger partial charge in [-0.05, 0) is 31.4 Å². The molecule has 1 aromatic rings. The number of likely N-dealkylation sites (tertiary alicyclic amines) is 1. The highest BCUT2D eigenvalue weighted by Gasteiger charge is 2.33. The summed E-state index contributed by atoms with van der Waals surface area (Å²) in [6.45, 7) is 3.62. The first-order chi connectivity index (χ1) is 12.6. The van der Waals surface area contributed by atoms with Gasteiger partial charge in [-0.25, -0.2) is 4.99 Å². The predicted octanol–water partition coefficient (Wildman–Crippen LogP) is 1.97. The maximum absolute atomic E-state index is 12.0. The monoisotopic (exact) mass is 490 g/mol. The molecule has 3 rings (SSSR count). The largest absolute Gasteiger partial charge is 0.469 e. The third kappa shape index (κ3) is 6.38. The number of aliphatic imine (C=N–C) groups is 1. The summed E-state index contributed by atoms with van der Waals surface area (Å²) in [5.74, 6) is 2.32. The second kappa shape index (κ2) is 10.9. The van der Waals surface area contributed by atoms with Gasteiger partial charge in [-0.2, -0.15) is 0 Å². The lowest BCUT2D eigenvalue weighted by Crippen LogP contribution is -2.52. The Labute approximate surface area is 178 Å². The van der Waals surface area contributed by atoms with Crippen molar-refractivity contribution in [3.05, 3.63) is 24.2 Å². The number of hydrogen-bond donors (Lipinski definition) is 1. The second-order valence-electron chi connectivity index (χ2n) is 7.23. The van der Waals surface area contributed by atoms with Crippen molar-refractivity contribution in [1.82, 2.24) is 15.1 Å². The van der Waals surface area contributed by atoms with Crippen LogP contribution in [0.1, 0.15) is 25.0 Å². The van der Waals surface area contributed by atoms with Crippen LogP contribution in [0.3, 0.4) is 0 Å². The van der Waals surface area contributed by atoms with E-state index in [0.717, 1.165) is 57.2 Å². The molecule has 0 radical (unpaired) electrons. The normalized spacial score (nSPS) is 22.6. The van der Waals surface area contributed by atoms with E-state index in [1.807, 2.05) is 12.1 Å². The number of hydrogen-bond acceptors (Lipinski definition) is 4. The van der Waals surface area contributed by atoms with E-state index in [4.69, 9.17) is 9.15 Å². The number of furan rings is 1. The zero-order chi connectivity index (χ0) is 18.4. The van der Waals surface area contributed by atoms with Crippen LogP contribution in [0.2, 0.25) is 0 Å². The van der Waals surface area contributed by atoms with Crippen LogP contribution in [-0.4, -0.2) is 74.7 Å². The van der Waals surface area contributed by atoms with Gasteiger partial charge in [-0.15, -0.1) is 24.0 Å². The minimum atomic E-state index is 0. The fourth-order valence-electron chi connectivity index (χ4n) is 3.58. The molecule has 0 aliphatic carbocycles. The van der Waals surface area contributed by atoms with Gasteiger partial charge < -0.3 is 24.3 Å².